The number of pyridine rings is 1. The van der Waals surface area contributed by atoms with E-state index >= 15 is 0 Å². The van der Waals surface area contributed by atoms with Crippen molar-refractivity contribution >= 4 is 28.9 Å². The van der Waals surface area contributed by atoms with Crippen LogP contribution in [0.15, 0.2) is 36.5 Å². The van der Waals surface area contributed by atoms with Crippen molar-refractivity contribution in [1.82, 2.24) is 4.98 Å². The van der Waals surface area contributed by atoms with Gasteiger partial charge in [-0.15, -0.1) is 0 Å². The predicted molar refractivity (Wildman–Crippen MR) is 74.8 cm³/mol. The quantitative estimate of drug-likeness (QED) is 0.424. The molecule has 0 aliphatic carbocycles. The molecule has 2 aromatic rings. The lowest BCUT2D eigenvalue weighted by Gasteiger charge is -2.14. The molecule has 23 heavy (non-hydrogen) atoms. The zero-order valence-corrected chi connectivity index (χ0v) is 11.4. The summed E-state index contributed by atoms with van der Waals surface area (Å²) in [6.45, 7) is 0. The number of carbonyl (C=O) groups excluding carboxylic acids is 1. The van der Waals surface area contributed by atoms with Crippen LogP contribution in [-0.2, 0) is 0 Å². The molecule has 10 nitrogen and oxygen atoms in total. The summed E-state index contributed by atoms with van der Waals surface area (Å²) in [5.74, 6) is -0.762. The molecule has 0 fully saturated rings. The molecule has 2 atom stereocenters. The average molecular weight is 325 g/mol. The topological polar surface area (TPSA) is 149 Å². The average Bonchev–Trinajstić information content (AvgIpc) is 2.49. The highest BCUT2D eigenvalue weighted by atomic mass is 19.1. The number of hydrogen-bond donors (Lipinski definition) is 6. The van der Waals surface area contributed by atoms with Gasteiger partial charge in [-0.3, -0.25) is 5.32 Å². The number of carbonyl (C=O) groups is 1. The lowest BCUT2D eigenvalue weighted by Crippen LogP contribution is -2.99. The molecule has 2 unspecified atom stereocenters. The molecular weight excluding hydrogens is 313 g/mol. The molecular formula is C12H12FN5O5. The largest absolute Gasteiger partial charge is 0.595 e. The fraction of sp³-hybridized carbons (Fsp3) is 0. The molecule has 2 amide bonds. The molecule has 1 heterocycles. The number of amides is 2. The maximum atomic E-state index is 13.6. The number of urea groups is 1. The lowest BCUT2D eigenvalue weighted by molar-refractivity contribution is -0.991. The van der Waals surface area contributed by atoms with Gasteiger partial charge in [-0.1, -0.05) is 0 Å². The first-order valence-corrected chi connectivity index (χ1v) is 6.17. The van der Waals surface area contributed by atoms with Crippen LogP contribution in [0.1, 0.15) is 0 Å². The SMILES string of the molecule is O=C(Nc1ccc([NH+]([O-])O)cn1)Nc1cc([NH+]([O-])O)ccc1F. The van der Waals surface area contributed by atoms with Crippen LogP contribution < -0.4 is 21.1 Å². The van der Waals surface area contributed by atoms with Gasteiger partial charge in [0.05, 0.1) is 11.9 Å². The van der Waals surface area contributed by atoms with Gasteiger partial charge in [0, 0.05) is 18.2 Å². The predicted octanol–water partition coefficient (Wildman–Crippen LogP) is -0.329. The molecule has 11 heteroatoms. The smallest absolute Gasteiger partial charge is 0.324 e. The van der Waals surface area contributed by atoms with E-state index in [0.717, 1.165) is 24.4 Å². The van der Waals surface area contributed by atoms with E-state index in [1.807, 2.05) is 0 Å². The number of rotatable bonds is 4. The molecule has 0 radical (unpaired) electrons. The summed E-state index contributed by atoms with van der Waals surface area (Å²) in [5, 5.41) is 41.0. The molecule has 1 aromatic carbocycles. The zero-order chi connectivity index (χ0) is 17.0. The van der Waals surface area contributed by atoms with Crippen LogP contribution in [0.2, 0.25) is 0 Å². The minimum absolute atomic E-state index is 0.0438. The number of nitrogens with one attached hydrogen (secondary N) is 4. The number of hydrogen-bond acceptors (Lipinski definition) is 6. The second-order valence-corrected chi connectivity index (χ2v) is 4.32. The highest BCUT2D eigenvalue weighted by Gasteiger charge is 2.11. The van der Waals surface area contributed by atoms with Crippen LogP contribution in [0.25, 0.3) is 0 Å². The molecule has 0 saturated heterocycles. The van der Waals surface area contributed by atoms with Gasteiger partial charge in [-0.05, 0) is 12.1 Å². The Kier molecular flexibility index (Phi) is 5.13. The van der Waals surface area contributed by atoms with Gasteiger partial charge in [-0.25, -0.2) is 24.6 Å². The van der Waals surface area contributed by atoms with Gasteiger partial charge in [0.25, 0.3) is 0 Å². The lowest BCUT2D eigenvalue weighted by atomic mass is 10.2. The number of quaternary nitrogens is 2. The van der Waals surface area contributed by atoms with Crippen molar-refractivity contribution in [2.24, 2.45) is 0 Å². The fourth-order valence-corrected chi connectivity index (χ4v) is 1.62. The second kappa shape index (κ2) is 7.06. The summed E-state index contributed by atoms with van der Waals surface area (Å²) < 4.78 is 13.6. The summed E-state index contributed by atoms with van der Waals surface area (Å²) >= 11 is 0. The highest BCUT2D eigenvalue weighted by Crippen LogP contribution is 2.17. The van der Waals surface area contributed by atoms with Crippen molar-refractivity contribution in [2.45, 2.75) is 0 Å². The van der Waals surface area contributed by atoms with Gasteiger partial charge in [0.1, 0.15) is 11.6 Å². The van der Waals surface area contributed by atoms with Crippen molar-refractivity contribution < 1.29 is 30.1 Å². The number of nitrogens with zero attached hydrogens (tertiary/aromatic N) is 1. The molecule has 1 aromatic heterocycles. The first kappa shape index (κ1) is 16.7. The fourth-order valence-electron chi connectivity index (χ4n) is 1.62. The summed E-state index contributed by atoms with van der Waals surface area (Å²) in [4.78, 5) is 15.5. The normalized spacial score (nSPS) is 13.3. The van der Waals surface area contributed by atoms with Gasteiger partial charge in [-0.2, -0.15) is 10.5 Å². The number of aromatic nitrogens is 1. The maximum absolute atomic E-state index is 13.6. The van der Waals surface area contributed by atoms with E-state index in [0.29, 0.717) is 0 Å². The standard InChI is InChI=1S/C12H12FN5O5/c13-9-3-1-7(17(20)21)5-10(9)15-12(19)16-11-4-2-8(6-14-11)18(22)23/h1-6,17-18,20,22H,(H2,14,15,16,19). The Hall–Kier alpha value is -2.67. The van der Waals surface area contributed by atoms with Crippen molar-refractivity contribution in [2.75, 3.05) is 10.6 Å². The van der Waals surface area contributed by atoms with Crippen LogP contribution in [0.3, 0.4) is 0 Å². The first-order valence-electron chi connectivity index (χ1n) is 6.17. The van der Waals surface area contributed by atoms with Crippen LogP contribution >= 0.6 is 0 Å². The van der Waals surface area contributed by atoms with Crippen LogP contribution in [-0.4, -0.2) is 21.4 Å². The van der Waals surface area contributed by atoms with Crippen molar-refractivity contribution in [3.05, 3.63) is 52.8 Å². The van der Waals surface area contributed by atoms with Crippen LogP contribution in [0.5, 0.6) is 0 Å². The third-order valence-corrected chi connectivity index (χ3v) is 2.71. The Morgan fingerprint density at radius 2 is 1.74 bits per heavy atom. The van der Waals surface area contributed by atoms with Crippen LogP contribution in [0.4, 0.5) is 32.1 Å². The summed E-state index contributed by atoms with van der Waals surface area (Å²) in [6.07, 6.45) is 1.05. The molecule has 0 saturated carbocycles. The van der Waals surface area contributed by atoms with Gasteiger partial charge in [0.15, 0.2) is 11.4 Å². The van der Waals surface area contributed by atoms with E-state index in [9.17, 15) is 19.6 Å². The Labute approximate surface area is 128 Å². The first-order chi connectivity index (χ1) is 10.9. The molecule has 2 rings (SSSR count). The summed E-state index contributed by atoms with van der Waals surface area (Å²) in [6, 6.07) is 4.58. The summed E-state index contributed by atoms with van der Waals surface area (Å²) in [7, 11) is 0. The monoisotopic (exact) mass is 325 g/mol. The Morgan fingerprint density at radius 3 is 2.30 bits per heavy atom. The van der Waals surface area contributed by atoms with Crippen molar-refractivity contribution in [3.63, 3.8) is 0 Å². The Morgan fingerprint density at radius 1 is 1.09 bits per heavy atom. The Bertz CT molecular complexity index is 695. The second-order valence-electron chi connectivity index (χ2n) is 4.32. The molecule has 0 aliphatic rings. The van der Waals surface area contributed by atoms with Crippen molar-refractivity contribution in [1.29, 1.82) is 0 Å². The van der Waals surface area contributed by atoms with Crippen LogP contribution in [0, 0.1) is 16.2 Å². The number of halogens is 1. The molecule has 122 valence electrons. The van der Waals surface area contributed by atoms with E-state index in [4.69, 9.17) is 10.4 Å². The minimum Gasteiger partial charge on any atom is -0.595 e. The van der Waals surface area contributed by atoms with E-state index in [2.05, 4.69) is 15.6 Å². The molecule has 0 bridgehead atoms. The summed E-state index contributed by atoms with van der Waals surface area (Å²) in [5.41, 5.74) is -0.564. The van der Waals surface area contributed by atoms with Gasteiger partial charge in [0.2, 0.25) is 0 Å². The van der Waals surface area contributed by atoms with Crippen molar-refractivity contribution in [3.8, 4) is 0 Å². The highest BCUT2D eigenvalue weighted by molar-refractivity contribution is 5.99. The van der Waals surface area contributed by atoms with E-state index in [-0.39, 0.29) is 22.9 Å². The molecule has 0 aliphatic heterocycles. The van der Waals surface area contributed by atoms with E-state index in [1.54, 1.807) is 0 Å². The number of benzene rings is 1. The molecule has 6 N–H and O–H groups in total. The van der Waals surface area contributed by atoms with Gasteiger partial charge >= 0.3 is 6.03 Å². The molecule has 0 spiro atoms. The van der Waals surface area contributed by atoms with E-state index < -0.39 is 22.3 Å². The third-order valence-electron chi connectivity index (χ3n) is 2.71. The van der Waals surface area contributed by atoms with E-state index in [1.165, 1.54) is 12.1 Å². The zero-order valence-electron chi connectivity index (χ0n) is 11.4. The Balaban J connectivity index is 2.06. The van der Waals surface area contributed by atoms with Gasteiger partial charge < -0.3 is 15.7 Å². The minimum atomic E-state index is -1.26. The third kappa shape index (κ3) is 4.40. The number of anilines is 2. The maximum Gasteiger partial charge on any atom is 0.324 e.